The highest BCUT2D eigenvalue weighted by atomic mass is 16.6. The van der Waals surface area contributed by atoms with Gasteiger partial charge in [-0.1, -0.05) is 12.1 Å². The van der Waals surface area contributed by atoms with Crippen LogP contribution in [0.3, 0.4) is 0 Å². The fraction of sp³-hybridized carbons (Fsp3) is 0.200. The Balaban J connectivity index is 2.42. The Labute approximate surface area is 96.4 Å². The summed E-state index contributed by atoms with van der Waals surface area (Å²) in [5, 5.41) is 14.3. The number of benzene rings is 1. The van der Waals surface area contributed by atoms with Gasteiger partial charge in [-0.3, -0.25) is 10.1 Å². The van der Waals surface area contributed by atoms with E-state index in [1.165, 1.54) is 18.2 Å². The highest BCUT2D eigenvalue weighted by Gasteiger charge is 2.14. The van der Waals surface area contributed by atoms with Gasteiger partial charge in [0.25, 0.3) is 11.6 Å². The van der Waals surface area contributed by atoms with E-state index >= 15 is 0 Å². The molecule has 0 bridgehead atoms. The Bertz CT molecular complexity index is 564. The van der Waals surface area contributed by atoms with Crippen molar-refractivity contribution < 1.29 is 9.45 Å². The lowest BCUT2D eigenvalue weighted by molar-refractivity contribution is -0.384. The monoisotopic (exact) mass is 234 g/mol. The van der Waals surface area contributed by atoms with Gasteiger partial charge in [0, 0.05) is 18.6 Å². The minimum Gasteiger partial charge on any atom is -0.398 e. The van der Waals surface area contributed by atoms with Gasteiger partial charge in [0.2, 0.25) is 0 Å². The molecule has 7 nitrogen and oxygen atoms in total. The molecule has 1 aromatic heterocycles. The van der Waals surface area contributed by atoms with Crippen molar-refractivity contribution in [3.63, 3.8) is 0 Å². The van der Waals surface area contributed by atoms with E-state index in [0.717, 1.165) is 0 Å². The van der Waals surface area contributed by atoms with Crippen molar-refractivity contribution in [1.29, 1.82) is 0 Å². The number of rotatable bonds is 3. The molecule has 0 saturated carbocycles. The number of nitrogen functional groups attached to an aromatic ring is 1. The SMILES string of the molecule is CCc1noc(-c2ccc([N+](=O)[O-])cc2N)n1. The summed E-state index contributed by atoms with van der Waals surface area (Å²) in [6, 6.07) is 4.12. The molecule has 0 unspecified atom stereocenters. The molecule has 0 spiro atoms. The Kier molecular flexibility index (Phi) is 2.73. The van der Waals surface area contributed by atoms with Crippen molar-refractivity contribution in [2.45, 2.75) is 13.3 Å². The molecule has 2 aromatic rings. The van der Waals surface area contributed by atoms with Crippen LogP contribution in [-0.2, 0) is 6.42 Å². The lowest BCUT2D eigenvalue weighted by atomic mass is 10.1. The number of non-ortho nitro benzene ring substituents is 1. The van der Waals surface area contributed by atoms with E-state index in [-0.39, 0.29) is 17.3 Å². The van der Waals surface area contributed by atoms with Gasteiger partial charge in [-0.2, -0.15) is 4.98 Å². The molecular weight excluding hydrogens is 224 g/mol. The maximum absolute atomic E-state index is 10.5. The summed E-state index contributed by atoms with van der Waals surface area (Å²) in [7, 11) is 0. The standard InChI is InChI=1S/C10H10N4O3/c1-2-9-12-10(17-13-9)7-4-3-6(14(15)16)5-8(7)11/h3-5H,2,11H2,1H3. The van der Waals surface area contributed by atoms with Gasteiger partial charge in [-0.05, 0) is 6.07 Å². The van der Waals surface area contributed by atoms with Crippen molar-refractivity contribution in [3.8, 4) is 11.5 Å². The van der Waals surface area contributed by atoms with E-state index in [1.54, 1.807) is 0 Å². The van der Waals surface area contributed by atoms with Crippen LogP contribution in [0.2, 0.25) is 0 Å². The zero-order valence-corrected chi connectivity index (χ0v) is 9.08. The lowest BCUT2D eigenvalue weighted by Crippen LogP contribution is -1.94. The van der Waals surface area contributed by atoms with Gasteiger partial charge < -0.3 is 10.3 Å². The summed E-state index contributed by atoms with van der Waals surface area (Å²) in [4.78, 5) is 14.1. The first kappa shape index (κ1) is 11.1. The molecule has 17 heavy (non-hydrogen) atoms. The van der Waals surface area contributed by atoms with Crippen LogP contribution in [0.15, 0.2) is 22.7 Å². The largest absolute Gasteiger partial charge is 0.398 e. The minimum absolute atomic E-state index is 0.0681. The van der Waals surface area contributed by atoms with Gasteiger partial charge in [0.1, 0.15) is 0 Å². The van der Waals surface area contributed by atoms with Gasteiger partial charge in [-0.25, -0.2) is 0 Å². The summed E-state index contributed by atoms with van der Waals surface area (Å²) in [5.74, 6) is 0.840. The summed E-state index contributed by atoms with van der Waals surface area (Å²) in [6.45, 7) is 1.90. The fourth-order valence-electron chi connectivity index (χ4n) is 1.37. The zero-order chi connectivity index (χ0) is 12.4. The maximum Gasteiger partial charge on any atom is 0.271 e. The van der Waals surface area contributed by atoms with Crippen molar-refractivity contribution in [2.75, 3.05) is 5.73 Å². The molecule has 1 heterocycles. The number of nitro benzene ring substituents is 1. The number of aryl methyl sites for hydroxylation is 1. The number of nitrogens with zero attached hydrogens (tertiary/aromatic N) is 3. The lowest BCUT2D eigenvalue weighted by Gasteiger charge is -1.99. The van der Waals surface area contributed by atoms with Crippen molar-refractivity contribution in [1.82, 2.24) is 10.1 Å². The molecule has 1 aromatic carbocycles. The number of hydrogen-bond donors (Lipinski definition) is 1. The number of nitrogens with two attached hydrogens (primary N) is 1. The average Bonchev–Trinajstić information content (AvgIpc) is 2.77. The second-order valence-corrected chi connectivity index (χ2v) is 3.40. The number of anilines is 1. The van der Waals surface area contributed by atoms with Crippen molar-refractivity contribution >= 4 is 11.4 Å². The minimum atomic E-state index is -0.509. The van der Waals surface area contributed by atoms with E-state index < -0.39 is 4.92 Å². The molecule has 2 rings (SSSR count). The summed E-state index contributed by atoms with van der Waals surface area (Å²) < 4.78 is 5.01. The molecular formula is C10H10N4O3. The second-order valence-electron chi connectivity index (χ2n) is 3.40. The first-order valence-electron chi connectivity index (χ1n) is 4.98. The average molecular weight is 234 g/mol. The highest BCUT2D eigenvalue weighted by Crippen LogP contribution is 2.27. The molecule has 2 N–H and O–H groups in total. The Morgan fingerprint density at radius 1 is 1.53 bits per heavy atom. The maximum atomic E-state index is 10.5. The third kappa shape index (κ3) is 2.07. The van der Waals surface area contributed by atoms with Crippen LogP contribution in [0.4, 0.5) is 11.4 Å². The van der Waals surface area contributed by atoms with E-state index in [9.17, 15) is 10.1 Å². The van der Waals surface area contributed by atoms with Crippen LogP contribution < -0.4 is 5.73 Å². The number of aromatic nitrogens is 2. The predicted molar refractivity (Wildman–Crippen MR) is 60.2 cm³/mol. The third-order valence-electron chi connectivity index (χ3n) is 2.26. The molecule has 88 valence electrons. The number of nitro groups is 1. The van der Waals surface area contributed by atoms with E-state index in [0.29, 0.717) is 17.8 Å². The van der Waals surface area contributed by atoms with Crippen LogP contribution in [0, 0.1) is 10.1 Å². The van der Waals surface area contributed by atoms with Gasteiger partial charge in [0.05, 0.1) is 16.2 Å². The topological polar surface area (TPSA) is 108 Å². The summed E-state index contributed by atoms with van der Waals surface area (Å²) >= 11 is 0. The molecule has 7 heteroatoms. The van der Waals surface area contributed by atoms with Crippen LogP contribution in [0.1, 0.15) is 12.7 Å². The van der Waals surface area contributed by atoms with Crippen LogP contribution in [-0.4, -0.2) is 15.1 Å². The molecule has 0 aliphatic rings. The Hall–Kier alpha value is -2.44. The molecule has 0 saturated heterocycles. The molecule has 0 amide bonds. The van der Waals surface area contributed by atoms with Gasteiger partial charge >= 0.3 is 0 Å². The fourth-order valence-corrected chi connectivity index (χ4v) is 1.37. The molecule has 0 aliphatic carbocycles. The summed E-state index contributed by atoms with van der Waals surface area (Å²) in [6.07, 6.45) is 0.649. The normalized spacial score (nSPS) is 10.4. The summed E-state index contributed by atoms with van der Waals surface area (Å²) in [5.41, 5.74) is 6.39. The first-order valence-corrected chi connectivity index (χ1v) is 4.98. The second kappa shape index (κ2) is 4.20. The molecule has 0 radical (unpaired) electrons. The van der Waals surface area contributed by atoms with Crippen LogP contribution in [0.5, 0.6) is 0 Å². The number of hydrogen-bond acceptors (Lipinski definition) is 6. The van der Waals surface area contributed by atoms with Crippen molar-refractivity contribution in [3.05, 3.63) is 34.1 Å². The van der Waals surface area contributed by atoms with Gasteiger partial charge in [0.15, 0.2) is 5.82 Å². The van der Waals surface area contributed by atoms with Crippen LogP contribution in [0.25, 0.3) is 11.5 Å². The van der Waals surface area contributed by atoms with E-state index in [2.05, 4.69) is 10.1 Å². The Morgan fingerprint density at radius 3 is 2.82 bits per heavy atom. The highest BCUT2D eigenvalue weighted by molar-refractivity contribution is 5.72. The van der Waals surface area contributed by atoms with Gasteiger partial charge in [-0.15, -0.1) is 0 Å². The van der Waals surface area contributed by atoms with E-state index in [1.807, 2.05) is 6.92 Å². The van der Waals surface area contributed by atoms with Crippen molar-refractivity contribution in [2.24, 2.45) is 0 Å². The predicted octanol–water partition coefficient (Wildman–Crippen LogP) is 1.79. The third-order valence-corrected chi connectivity index (χ3v) is 2.26. The van der Waals surface area contributed by atoms with Crippen LogP contribution >= 0.6 is 0 Å². The smallest absolute Gasteiger partial charge is 0.271 e. The quantitative estimate of drug-likeness (QED) is 0.492. The molecule has 0 fully saturated rings. The first-order chi connectivity index (χ1) is 8.11. The molecule has 0 aliphatic heterocycles. The molecule has 0 atom stereocenters. The Morgan fingerprint density at radius 2 is 2.29 bits per heavy atom. The zero-order valence-electron chi connectivity index (χ0n) is 9.08. The van der Waals surface area contributed by atoms with E-state index in [4.69, 9.17) is 10.3 Å².